The van der Waals surface area contributed by atoms with E-state index in [1.165, 1.54) is 31.4 Å². The molecule has 0 heterocycles. The second kappa shape index (κ2) is 7.74. The summed E-state index contributed by atoms with van der Waals surface area (Å²) in [6.45, 7) is 0. The molecule has 0 spiro atoms. The number of halogens is 2. The Labute approximate surface area is 155 Å². The predicted molar refractivity (Wildman–Crippen MR) is 94.3 cm³/mol. The van der Waals surface area contributed by atoms with Crippen molar-refractivity contribution in [2.75, 3.05) is 7.11 Å². The molecule has 6 nitrogen and oxygen atoms in total. The Balaban J connectivity index is 2.23. The van der Waals surface area contributed by atoms with Gasteiger partial charge in [0.25, 0.3) is 5.91 Å². The van der Waals surface area contributed by atoms with Gasteiger partial charge in [-0.05, 0) is 23.8 Å². The van der Waals surface area contributed by atoms with Crippen LogP contribution in [0.25, 0.3) is 0 Å². The van der Waals surface area contributed by atoms with E-state index in [1.807, 2.05) is 10.8 Å². The van der Waals surface area contributed by atoms with Crippen molar-refractivity contribution in [2.45, 2.75) is 5.75 Å². The van der Waals surface area contributed by atoms with E-state index in [4.69, 9.17) is 33.2 Å². The molecule has 0 fully saturated rings. The van der Waals surface area contributed by atoms with Crippen LogP contribution in [0.5, 0.6) is 5.75 Å². The zero-order valence-corrected chi connectivity index (χ0v) is 15.2. The Morgan fingerprint density at radius 2 is 1.84 bits per heavy atom. The van der Waals surface area contributed by atoms with Crippen LogP contribution in [0.1, 0.15) is 21.5 Å². The number of carbonyl (C=O) groups excluding carboxylic acids is 1. The Bertz CT molecular complexity index is 945. The van der Waals surface area contributed by atoms with Gasteiger partial charge in [0.05, 0.1) is 34.5 Å². The number of nitriles is 1. The summed E-state index contributed by atoms with van der Waals surface area (Å²) in [5.41, 5.74) is 0.472. The number of carbonyl (C=O) groups is 1. The number of hydrogen-bond acceptors (Lipinski definition) is 5. The largest absolute Gasteiger partial charge is 0.494 e. The van der Waals surface area contributed by atoms with Gasteiger partial charge in [-0.2, -0.15) is 5.26 Å². The van der Waals surface area contributed by atoms with E-state index in [9.17, 15) is 13.2 Å². The number of nitrogens with one attached hydrogen (secondary N) is 1. The fourth-order valence-corrected chi connectivity index (χ4v) is 3.86. The van der Waals surface area contributed by atoms with Crippen LogP contribution < -0.4 is 9.46 Å². The average molecular weight is 399 g/mol. The summed E-state index contributed by atoms with van der Waals surface area (Å²) in [6.07, 6.45) is 0. The van der Waals surface area contributed by atoms with Gasteiger partial charge in [0.1, 0.15) is 0 Å². The van der Waals surface area contributed by atoms with E-state index >= 15 is 0 Å². The summed E-state index contributed by atoms with van der Waals surface area (Å²) in [4.78, 5) is 12.2. The van der Waals surface area contributed by atoms with Gasteiger partial charge in [0.15, 0.2) is 5.75 Å². The summed E-state index contributed by atoms with van der Waals surface area (Å²) in [5.74, 6) is -1.22. The normalized spacial score (nSPS) is 10.8. The predicted octanol–water partition coefficient (Wildman–Crippen LogP) is 3.13. The molecule has 0 aliphatic rings. The third kappa shape index (κ3) is 4.63. The summed E-state index contributed by atoms with van der Waals surface area (Å²) < 4.78 is 31.3. The van der Waals surface area contributed by atoms with Gasteiger partial charge >= 0.3 is 0 Å². The number of methoxy groups -OCH3 is 1. The maximum atomic E-state index is 12.2. The molecule has 0 aliphatic carbocycles. The van der Waals surface area contributed by atoms with Crippen LogP contribution in [0.2, 0.25) is 10.0 Å². The van der Waals surface area contributed by atoms with E-state index in [2.05, 4.69) is 0 Å². The van der Waals surface area contributed by atoms with Crippen LogP contribution in [-0.2, 0) is 15.8 Å². The molecule has 2 aromatic rings. The summed E-state index contributed by atoms with van der Waals surface area (Å²) in [5, 5.41) is 9.16. The number of amides is 1. The lowest BCUT2D eigenvalue weighted by molar-refractivity contribution is 0.0981. The molecule has 2 rings (SSSR count). The fourth-order valence-electron chi connectivity index (χ4n) is 2.08. The standard InChI is InChI=1S/C16H12Cl2N2O4S/c1-24-15-13(17)6-12(7-14(15)18)16(21)20-25(22,23)9-11-5-3-2-4-10(11)8-19/h2-7H,9H2,1H3,(H,20,21). The van der Waals surface area contributed by atoms with Gasteiger partial charge < -0.3 is 4.74 Å². The van der Waals surface area contributed by atoms with Crippen LogP contribution in [-0.4, -0.2) is 21.4 Å². The zero-order valence-electron chi connectivity index (χ0n) is 12.9. The highest BCUT2D eigenvalue weighted by Crippen LogP contribution is 2.33. The third-order valence-electron chi connectivity index (χ3n) is 3.20. The van der Waals surface area contributed by atoms with Crippen LogP contribution >= 0.6 is 23.2 Å². The van der Waals surface area contributed by atoms with Crippen molar-refractivity contribution in [2.24, 2.45) is 0 Å². The highest BCUT2D eigenvalue weighted by molar-refractivity contribution is 7.89. The SMILES string of the molecule is COc1c(Cl)cc(C(=O)NS(=O)(=O)Cc2ccccc2C#N)cc1Cl. The Morgan fingerprint density at radius 3 is 2.40 bits per heavy atom. The lowest BCUT2D eigenvalue weighted by atomic mass is 10.1. The monoisotopic (exact) mass is 398 g/mol. The van der Waals surface area contributed by atoms with Crippen molar-refractivity contribution in [1.29, 1.82) is 5.26 Å². The second-order valence-electron chi connectivity index (χ2n) is 4.93. The van der Waals surface area contributed by atoms with Crippen LogP contribution in [0, 0.1) is 11.3 Å². The molecule has 0 radical (unpaired) electrons. The Morgan fingerprint density at radius 1 is 1.24 bits per heavy atom. The van der Waals surface area contributed by atoms with Crippen LogP contribution in [0.15, 0.2) is 36.4 Å². The first kappa shape index (κ1) is 19.1. The Kier molecular flexibility index (Phi) is 5.90. The van der Waals surface area contributed by atoms with Crippen molar-refractivity contribution in [3.63, 3.8) is 0 Å². The second-order valence-corrected chi connectivity index (χ2v) is 7.47. The molecule has 25 heavy (non-hydrogen) atoms. The fraction of sp³-hybridized carbons (Fsp3) is 0.125. The molecule has 0 aromatic heterocycles. The van der Waals surface area contributed by atoms with Gasteiger partial charge in [-0.15, -0.1) is 0 Å². The van der Waals surface area contributed by atoms with Gasteiger partial charge in [-0.3, -0.25) is 4.79 Å². The zero-order chi connectivity index (χ0) is 18.6. The van der Waals surface area contributed by atoms with Crippen molar-refractivity contribution in [3.05, 3.63) is 63.1 Å². The Hall–Kier alpha value is -2.27. The molecular formula is C16H12Cl2N2O4S. The number of rotatable bonds is 5. The third-order valence-corrected chi connectivity index (χ3v) is 4.95. The quantitative estimate of drug-likeness (QED) is 0.834. The van der Waals surface area contributed by atoms with Crippen molar-refractivity contribution >= 4 is 39.1 Å². The molecule has 0 saturated carbocycles. The summed E-state index contributed by atoms with van der Waals surface area (Å²) >= 11 is 11.9. The van der Waals surface area contributed by atoms with Crippen molar-refractivity contribution in [1.82, 2.24) is 4.72 Å². The van der Waals surface area contributed by atoms with Gasteiger partial charge in [0, 0.05) is 5.56 Å². The molecule has 1 N–H and O–H groups in total. The molecule has 130 valence electrons. The molecular weight excluding hydrogens is 387 g/mol. The minimum Gasteiger partial charge on any atom is -0.494 e. The lowest BCUT2D eigenvalue weighted by Crippen LogP contribution is -2.31. The topological polar surface area (TPSA) is 96.3 Å². The van der Waals surface area contributed by atoms with E-state index < -0.39 is 21.7 Å². The van der Waals surface area contributed by atoms with E-state index in [1.54, 1.807) is 12.1 Å². The van der Waals surface area contributed by atoms with Gasteiger partial charge in [-0.1, -0.05) is 41.4 Å². The number of ether oxygens (including phenoxy) is 1. The smallest absolute Gasteiger partial charge is 0.264 e. The average Bonchev–Trinajstić information content (AvgIpc) is 2.54. The number of benzene rings is 2. The van der Waals surface area contributed by atoms with Crippen molar-refractivity contribution in [3.8, 4) is 11.8 Å². The maximum absolute atomic E-state index is 12.2. The van der Waals surface area contributed by atoms with Gasteiger partial charge in [0.2, 0.25) is 10.0 Å². The van der Waals surface area contributed by atoms with Gasteiger partial charge in [-0.25, -0.2) is 13.1 Å². The number of nitrogens with zero attached hydrogens (tertiary/aromatic N) is 1. The van der Waals surface area contributed by atoms with E-state index in [-0.39, 0.29) is 32.5 Å². The molecule has 0 saturated heterocycles. The molecule has 0 aliphatic heterocycles. The molecule has 0 atom stereocenters. The molecule has 2 aromatic carbocycles. The van der Waals surface area contributed by atoms with Crippen LogP contribution in [0.4, 0.5) is 0 Å². The minimum absolute atomic E-state index is 0.0343. The highest BCUT2D eigenvalue weighted by Gasteiger charge is 2.20. The van der Waals surface area contributed by atoms with E-state index in [0.29, 0.717) is 0 Å². The first-order valence-electron chi connectivity index (χ1n) is 6.83. The minimum atomic E-state index is -4.02. The highest BCUT2D eigenvalue weighted by atomic mass is 35.5. The molecule has 1 amide bonds. The molecule has 0 unspecified atom stereocenters. The maximum Gasteiger partial charge on any atom is 0.264 e. The summed E-state index contributed by atoms with van der Waals surface area (Å²) in [6, 6.07) is 10.6. The number of sulfonamides is 1. The molecule has 0 bridgehead atoms. The van der Waals surface area contributed by atoms with Crippen molar-refractivity contribution < 1.29 is 17.9 Å². The lowest BCUT2D eigenvalue weighted by Gasteiger charge is -2.10. The van der Waals surface area contributed by atoms with Crippen LogP contribution in [0.3, 0.4) is 0 Å². The first-order valence-corrected chi connectivity index (χ1v) is 9.24. The van der Waals surface area contributed by atoms with E-state index in [0.717, 1.165) is 0 Å². The summed E-state index contributed by atoms with van der Waals surface area (Å²) in [7, 11) is -2.66. The molecule has 9 heteroatoms. The first-order chi connectivity index (χ1) is 11.8. The number of hydrogen-bond donors (Lipinski definition) is 1.